The molecule has 0 aromatic heterocycles. The standard InChI is InChI=1S/H4O7P2.H3O4P.Sr.2H/c1-8(2,3)7-9(4,5)6;1-5(2,3)4;;;/h(H2,1,2,3)(H2,4,5,6);(H3,1,2,3,4);;;. The molecule has 0 aromatic carbocycles. The van der Waals surface area contributed by atoms with Crippen molar-refractivity contribution in [1.82, 2.24) is 0 Å². The van der Waals surface area contributed by atoms with Crippen molar-refractivity contribution < 1.29 is 52.3 Å². The summed E-state index contributed by atoms with van der Waals surface area (Å²) in [6.45, 7) is 0. The van der Waals surface area contributed by atoms with Crippen LogP contribution < -0.4 is 0 Å². The Labute approximate surface area is 120 Å². The first-order valence-corrected chi connectivity index (χ1v) is 6.94. The van der Waals surface area contributed by atoms with Gasteiger partial charge in [-0.25, -0.2) is 13.7 Å². The third-order valence-electron chi connectivity index (χ3n) is 0.213. The van der Waals surface area contributed by atoms with Crippen molar-refractivity contribution in [1.29, 1.82) is 0 Å². The molecule has 0 spiro atoms. The minimum absolute atomic E-state index is 0. The molecule has 0 aliphatic carbocycles. The van der Waals surface area contributed by atoms with E-state index in [0.29, 0.717) is 0 Å². The SMILES string of the molecule is O=P(O)(O)O.O=P(O)(O)OP(=O)(O)O.[SrH2]. The third-order valence-corrected chi connectivity index (χ3v) is 1.91. The van der Waals surface area contributed by atoms with Gasteiger partial charge in [0, 0.05) is 0 Å². The Morgan fingerprint density at radius 2 is 0.800 bits per heavy atom. The van der Waals surface area contributed by atoms with Crippen LogP contribution in [0.4, 0.5) is 0 Å². The van der Waals surface area contributed by atoms with Crippen LogP contribution in [0.2, 0.25) is 0 Å². The summed E-state index contributed by atoms with van der Waals surface area (Å²) in [5.41, 5.74) is 0. The summed E-state index contributed by atoms with van der Waals surface area (Å²) in [5.74, 6) is 0. The predicted octanol–water partition coefficient (Wildman–Crippen LogP) is -2.66. The predicted molar refractivity (Wildman–Crippen MR) is 48.0 cm³/mol. The summed E-state index contributed by atoms with van der Waals surface area (Å²) in [6.07, 6.45) is 0. The van der Waals surface area contributed by atoms with E-state index in [0.717, 1.165) is 0 Å². The van der Waals surface area contributed by atoms with Gasteiger partial charge < -0.3 is 34.3 Å². The zero-order chi connectivity index (χ0) is 12.2. The van der Waals surface area contributed by atoms with Gasteiger partial charge in [-0.15, -0.1) is 0 Å². The maximum atomic E-state index is 9.63. The molecule has 0 amide bonds. The van der Waals surface area contributed by atoms with Gasteiger partial charge in [0.25, 0.3) is 0 Å². The van der Waals surface area contributed by atoms with Gasteiger partial charge in [-0.05, 0) is 0 Å². The normalized spacial score (nSPS) is 12.2. The van der Waals surface area contributed by atoms with Gasteiger partial charge in [-0.2, -0.15) is 4.31 Å². The van der Waals surface area contributed by atoms with Gasteiger partial charge in [-0.1, -0.05) is 0 Å². The van der Waals surface area contributed by atoms with E-state index in [1.165, 1.54) is 0 Å². The molecule has 15 heavy (non-hydrogen) atoms. The van der Waals surface area contributed by atoms with E-state index in [9.17, 15) is 9.13 Å². The second kappa shape index (κ2) is 8.04. The van der Waals surface area contributed by atoms with E-state index in [1.54, 1.807) is 0 Å². The van der Waals surface area contributed by atoms with Gasteiger partial charge in [-0.3, -0.25) is 0 Å². The van der Waals surface area contributed by atoms with Crippen LogP contribution >= 0.6 is 23.5 Å². The molecule has 92 valence electrons. The molecule has 0 unspecified atom stereocenters. The molecule has 0 rings (SSSR count). The summed E-state index contributed by atoms with van der Waals surface area (Å²) >= 11 is 0. The minimum atomic E-state index is -5.05. The van der Waals surface area contributed by atoms with Crippen LogP contribution in [0.25, 0.3) is 0 Å². The summed E-state index contributed by atoms with van der Waals surface area (Å²) in [4.78, 5) is 52.6. The van der Waals surface area contributed by atoms with Gasteiger partial charge in [0.15, 0.2) is 0 Å². The molecule has 7 N–H and O–H groups in total. The van der Waals surface area contributed by atoms with Crippen molar-refractivity contribution in [3.8, 4) is 0 Å². The zero-order valence-electron chi connectivity index (χ0n) is 6.11. The second-order valence-electron chi connectivity index (χ2n) is 1.58. The Bertz CT molecular complexity index is 259. The molecule has 0 saturated heterocycles. The topological polar surface area (TPSA) is 202 Å². The summed E-state index contributed by atoms with van der Waals surface area (Å²) in [7, 11) is -14.7. The Balaban J connectivity index is -0.000000208. The van der Waals surface area contributed by atoms with Gasteiger partial charge in [0.05, 0.1) is 0 Å². The number of hydrogen-bond donors (Lipinski definition) is 7. The van der Waals surface area contributed by atoms with Gasteiger partial charge in [0.1, 0.15) is 0 Å². The van der Waals surface area contributed by atoms with E-state index in [4.69, 9.17) is 38.8 Å². The Hall–Kier alpha value is 1.85. The summed E-state index contributed by atoms with van der Waals surface area (Å²) in [6, 6.07) is 0. The van der Waals surface area contributed by atoms with Crippen LogP contribution in [0.3, 0.4) is 0 Å². The zero-order valence-corrected chi connectivity index (χ0v) is 8.79. The van der Waals surface area contributed by atoms with Crippen LogP contribution in [-0.4, -0.2) is 79.7 Å². The molecule has 0 aromatic rings. The van der Waals surface area contributed by atoms with Crippen molar-refractivity contribution in [2.75, 3.05) is 0 Å². The molecule has 11 nitrogen and oxygen atoms in total. The molecular formula is H9O11P3Sr. The van der Waals surface area contributed by atoms with Crippen molar-refractivity contribution in [3.63, 3.8) is 0 Å². The molecule has 0 heterocycles. The monoisotopic (exact) mass is 366 g/mol. The van der Waals surface area contributed by atoms with E-state index in [1.807, 2.05) is 0 Å². The number of rotatable bonds is 2. The van der Waals surface area contributed by atoms with Gasteiger partial charge in [0.2, 0.25) is 0 Å². The first-order valence-electron chi connectivity index (χ1n) is 2.31. The second-order valence-corrected chi connectivity index (χ2v) is 5.22. The van der Waals surface area contributed by atoms with E-state index in [2.05, 4.69) is 4.31 Å². The fourth-order valence-electron chi connectivity index (χ4n) is 0.139. The maximum absolute atomic E-state index is 9.63. The van der Waals surface area contributed by atoms with Crippen molar-refractivity contribution in [2.24, 2.45) is 0 Å². The summed E-state index contributed by atoms with van der Waals surface area (Å²) < 4.78 is 31.1. The first kappa shape index (κ1) is 22.1. The average molecular weight is 366 g/mol. The first-order chi connectivity index (χ1) is 5.71. The molecule has 0 aliphatic heterocycles. The van der Waals surface area contributed by atoms with Gasteiger partial charge >= 0.3 is 68.9 Å². The Morgan fingerprint density at radius 3 is 0.800 bits per heavy atom. The van der Waals surface area contributed by atoms with Crippen molar-refractivity contribution in [2.45, 2.75) is 0 Å². The average Bonchev–Trinajstić information content (AvgIpc) is 1.42. The van der Waals surface area contributed by atoms with Crippen LogP contribution in [-0.2, 0) is 18.0 Å². The molecule has 0 saturated carbocycles. The summed E-state index contributed by atoms with van der Waals surface area (Å²) in [5, 5.41) is 0. The van der Waals surface area contributed by atoms with E-state index in [-0.39, 0.29) is 45.5 Å². The third kappa shape index (κ3) is 49.3. The molecule has 0 aliphatic rings. The molecule has 0 radical (unpaired) electrons. The molecule has 15 heteroatoms. The van der Waals surface area contributed by atoms with Crippen LogP contribution in [0.5, 0.6) is 0 Å². The number of hydrogen-bond acceptors (Lipinski definition) is 4. The molecular weight excluding hydrogens is 357 g/mol. The molecule has 0 fully saturated rings. The molecule has 0 atom stereocenters. The number of phosphoric acid groups is 3. The van der Waals surface area contributed by atoms with Crippen molar-refractivity contribution in [3.05, 3.63) is 0 Å². The quantitative estimate of drug-likeness (QED) is 0.199. The fraction of sp³-hybridized carbons (Fsp3) is 0. The van der Waals surface area contributed by atoms with E-state index >= 15 is 0 Å². The Kier molecular flexibility index (Phi) is 11.8. The van der Waals surface area contributed by atoms with Crippen LogP contribution in [0.15, 0.2) is 0 Å². The fourth-order valence-corrected chi connectivity index (χ4v) is 1.25. The van der Waals surface area contributed by atoms with E-state index < -0.39 is 23.5 Å². The van der Waals surface area contributed by atoms with Crippen LogP contribution in [0.1, 0.15) is 0 Å². The molecule has 0 bridgehead atoms. The van der Waals surface area contributed by atoms with Crippen molar-refractivity contribution >= 4 is 68.9 Å². The van der Waals surface area contributed by atoms with Crippen LogP contribution in [0, 0.1) is 0 Å². The Morgan fingerprint density at radius 1 is 0.667 bits per heavy atom.